The zero-order valence-corrected chi connectivity index (χ0v) is 9.95. The minimum Gasteiger partial charge on any atom is -0.494 e. The molecule has 0 fully saturated rings. The van der Waals surface area contributed by atoms with Crippen LogP contribution < -0.4 is 10.1 Å². The Kier molecular flexibility index (Phi) is 4.24. The average molecular weight is 248 g/mol. The van der Waals surface area contributed by atoms with E-state index in [1.807, 2.05) is 0 Å². The molecule has 0 aliphatic heterocycles. The van der Waals surface area contributed by atoms with Gasteiger partial charge in [-0.15, -0.1) is 0 Å². The molecular weight excluding hydrogens is 237 g/mol. The van der Waals surface area contributed by atoms with Crippen molar-refractivity contribution in [2.75, 3.05) is 12.4 Å². The van der Waals surface area contributed by atoms with Gasteiger partial charge in [-0.2, -0.15) is 0 Å². The van der Waals surface area contributed by atoms with Gasteiger partial charge in [0.2, 0.25) is 5.91 Å². The lowest BCUT2D eigenvalue weighted by molar-refractivity contribution is -0.115. The summed E-state index contributed by atoms with van der Waals surface area (Å²) in [6, 6.07) is 3.19. The van der Waals surface area contributed by atoms with E-state index in [-0.39, 0.29) is 5.91 Å². The van der Waals surface area contributed by atoms with Crippen LogP contribution in [0.1, 0.15) is 13.3 Å². The van der Waals surface area contributed by atoms with E-state index in [0.29, 0.717) is 27.9 Å². The molecule has 0 aromatic heterocycles. The third-order valence-electron chi connectivity index (χ3n) is 1.81. The summed E-state index contributed by atoms with van der Waals surface area (Å²) >= 11 is 11.8. The minimum atomic E-state index is -0.0905. The predicted molar refractivity (Wildman–Crippen MR) is 61.9 cm³/mol. The lowest BCUT2D eigenvalue weighted by Crippen LogP contribution is -2.09. The number of rotatable bonds is 3. The van der Waals surface area contributed by atoms with Gasteiger partial charge in [0, 0.05) is 12.1 Å². The van der Waals surface area contributed by atoms with Crippen LogP contribution in [0.15, 0.2) is 12.1 Å². The molecule has 1 aromatic rings. The van der Waals surface area contributed by atoms with Crippen LogP contribution in [-0.2, 0) is 4.79 Å². The summed E-state index contributed by atoms with van der Waals surface area (Å²) in [7, 11) is 1.48. The summed E-state index contributed by atoms with van der Waals surface area (Å²) in [6.45, 7) is 1.77. The monoisotopic (exact) mass is 247 g/mol. The van der Waals surface area contributed by atoms with Gasteiger partial charge in [0.25, 0.3) is 0 Å². The summed E-state index contributed by atoms with van der Waals surface area (Å²) in [5.74, 6) is 0.320. The molecule has 0 spiro atoms. The van der Waals surface area contributed by atoms with Gasteiger partial charge in [-0.25, -0.2) is 0 Å². The zero-order valence-electron chi connectivity index (χ0n) is 8.43. The SMILES string of the molecule is CCC(=O)Nc1cc(Cl)c(OC)c(Cl)c1. The third kappa shape index (κ3) is 3.01. The molecule has 0 unspecified atom stereocenters. The van der Waals surface area contributed by atoms with Crippen molar-refractivity contribution in [2.45, 2.75) is 13.3 Å². The quantitative estimate of drug-likeness (QED) is 0.890. The molecule has 1 N–H and O–H groups in total. The molecule has 15 heavy (non-hydrogen) atoms. The summed E-state index contributed by atoms with van der Waals surface area (Å²) in [5, 5.41) is 3.40. The highest BCUT2D eigenvalue weighted by atomic mass is 35.5. The number of carbonyl (C=O) groups is 1. The van der Waals surface area contributed by atoms with Crippen LogP contribution in [0.25, 0.3) is 0 Å². The molecule has 0 heterocycles. The Hall–Kier alpha value is -0.930. The van der Waals surface area contributed by atoms with Crippen LogP contribution in [0, 0.1) is 0 Å². The van der Waals surface area contributed by atoms with Crippen molar-refractivity contribution in [3.05, 3.63) is 22.2 Å². The molecule has 82 valence electrons. The summed E-state index contributed by atoms with van der Waals surface area (Å²) in [4.78, 5) is 11.1. The lowest BCUT2D eigenvalue weighted by Gasteiger charge is -2.09. The van der Waals surface area contributed by atoms with E-state index >= 15 is 0 Å². The van der Waals surface area contributed by atoms with Crippen LogP contribution in [0.3, 0.4) is 0 Å². The highest BCUT2D eigenvalue weighted by Gasteiger charge is 2.09. The summed E-state index contributed by atoms with van der Waals surface area (Å²) in [6.07, 6.45) is 0.404. The van der Waals surface area contributed by atoms with Crippen molar-refractivity contribution in [3.8, 4) is 5.75 Å². The number of benzene rings is 1. The van der Waals surface area contributed by atoms with Crippen molar-refractivity contribution in [1.29, 1.82) is 0 Å². The van der Waals surface area contributed by atoms with E-state index in [4.69, 9.17) is 27.9 Å². The van der Waals surface area contributed by atoms with Crippen molar-refractivity contribution in [3.63, 3.8) is 0 Å². The van der Waals surface area contributed by atoms with Gasteiger partial charge in [-0.05, 0) is 12.1 Å². The van der Waals surface area contributed by atoms with Gasteiger partial charge in [0.05, 0.1) is 17.2 Å². The van der Waals surface area contributed by atoms with Gasteiger partial charge in [0.1, 0.15) is 0 Å². The number of methoxy groups -OCH3 is 1. The molecule has 5 heteroatoms. The van der Waals surface area contributed by atoms with Crippen molar-refractivity contribution < 1.29 is 9.53 Å². The Labute approximate surface area is 98.3 Å². The summed E-state index contributed by atoms with van der Waals surface area (Å²) in [5.41, 5.74) is 0.567. The van der Waals surface area contributed by atoms with Crippen LogP contribution in [0.5, 0.6) is 5.75 Å². The van der Waals surface area contributed by atoms with E-state index in [1.165, 1.54) is 7.11 Å². The molecule has 1 rings (SSSR count). The second-order valence-corrected chi connectivity index (χ2v) is 3.69. The fraction of sp³-hybridized carbons (Fsp3) is 0.300. The Balaban J connectivity index is 2.98. The number of anilines is 1. The number of ether oxygens (including phenoxy) is 1. The Morgan fingerprint density at radius 2 is 1.93 bits per heavy atom. The van der Waals surface area contributed by atoms with E-state index in [9.17, 15) is 4.79 Å². The maximum absolute atomic E-state index is 11.1. The molecular formula is C10H11Cl2NO2. The standard InChI is InChI=1S/C10H11Cl2NO2/c1-3-9(14)13-6-4-7(11)10(15-2)8(12)5-6/h4-5H,3H2,1-2H3,(H,13,14). The Morgan fingerprint density at radius 1 is 1.40 bits per heavy atom. The molecule has 0 aliphatic carbocycles. The first-order chi connectivity index (χ1) is 7.08. The highest BCUT2D eigenvalue weighted by molar-refractivity contribution is 6.37. The second-order valence-electron chi connectivity index (χ2n) is 2.87. The third-order valence-corrected chi connectivity index (χ3v) is 2.37. The van der Waals surface area contributed by atoms with E-state index in [1.54, 1.807) is 19.1 Å². The van der Waals surface area contributed by atoms with E-state index < -0.39 is 0 Å². The van der Waals surface area contributed by atoms with E-state index in [0.717, 1.165) is 0 Å². The largest absolute Gasteiger partial charge is 0.494 e. The maximum Gasteiger partial charge on any atom is 0.224 e. The topological polar surface area (TPSA) is 38.3 Å². The first kappa shape index (κ1) is 12.1. The minimum absolute atomic E-state index is 0.0905. The first-order valence-corrected chi connectivity index (χ1v) is 5.17. The molecule has 0 atom stereocenters. The normalized spacial score (nSPS) is 9.87. The fourth-order valence-corrected chi connectivity index (χ4v) is 1.72. The van der Waals surface area contributed by atoms with Crippen molar-refractivity contribution >= 4 is 34.8 Å². The molecule has 0 bridgehead atoms. The molecule has 0 saturated heterocycles. The fourth-order valence-electron chi connectivity index (χ4n) is 1.08. The highest BCUT2D eigenvalue weighted by Crippen LogP contribution is 2.35. The van der Waals surface area contributed by atoms with Gasteiger partial charge < -0.3 is 10.1 Å². The van der Waals surface area contributed by atoms with Gasteiger partial charge in [-0.3, -0.25) is 4.79 Å². The zero-order chi connectivity index (χ0) is 11.4. The molecule has 0 aliphatic rings. The second kappa shape index (κ2) is 5.24. The van der Waals surface area contributed by atoms with E-state index in [2.05, 4.69) is 5.32 Å². The number of amides is 1. The predicted octanol–water partition coefficient (Wildman–Crippen LogP) is 3.35. The number of nitrogens with one attached hydrogen (secondary N) is 1. The van der Waals surface area contributed by atoms with Gasteiger partial charge in [-0.1, -0.05) is 30.1 Å². The Bertz CT molecular complexity index is 357. The van der Waals surface area contributed by atoms with Crippen LogP contribution >= 0.6 is 23.2 Å². The average Bonchev–Trinajstić information content (AvgIpc) is 2.17. The smallest absolute Gasteiger partial charge is 0.224 e. The molecule has 0 saturated carbocycles. The number of hydrogen-bond donors (Lipinski definition) is 1. The molecule has 1 amide bonds. The van der Waals surface area contributed by atoms with Crippen molar-refractivity contribution in [1.82, 2.24) is 0 Å². The lowest BCUT2D eigenvalue weighted by atomic mass is 10.3. The van der Waals surface area contributed by atoms with Crippen LogP contribution in [0.2, 0.25) is 10.0 Å². The number of hydrogen-bond acceptors (Lipinski definition) is 2. The summed E-state index contributed by atoms with van der Waals surface area (Å²) < 4.78 is 4.99. The number of carbonyl (C=O) groups excluding carboxylic acids is 1. The van der Waals surface area contributed by atoms with Gasteiger partial charge in [0.15, 0.2) is 5.75 Å². The maximum atomic E-state index is 11.1. The van der Waals surface area contributed by atoms with Gasteiger partial charge >= 0.3 is 0 Å². The number of halogens is 2. The Morgan fingerprint density at radius 3 is 2.33 bits per heavy atom. The van der Waals surface area contributed by atoms with Crippen molar-refractivity contribution in [2.24, 2.45) is 0 Å². The molecule has 3 nitrogen and oxygen atoms in total. The van der Waals surface area contributed by atoms with Crippen LogP contribution in [-0.4, -0.2) is 13.0 Å². The molecule has 0 radical (unpaired) electrons. The molecule has 1 aromatic carbocycles. The first-order valence-electron chi connectivity index (χ1n) is 4.41. The van der Waals surface area contributed by atoms with Crippen LogP contribution in [0.4, 0.5) is 5.69 Å².